The van der Waals surface area contributed by atoms with Crippen LogP contribution in [0.3, 0.4) is 0 Å². The fourth-order valence-corrected chi connectivity index (χ4v) is 1.51. The van der Waals surface area contributed by atoms with Gasteiger partial charge in [-0.2, -0.15) is 0 Å². The maximum absolute atomic E-state index is 11.8. The zero-order valence-electron chi connectivity index (χ0n) is 9.60. The van der Waals surface area contributed by atoms with Crippen LogP contribution in [-0.2, 0) is 4.79 Å². The van der Waals surface area contributed by atoms with Gasteiger partial charge in [-0.25, -0.2) is 0 Å². The van der Waals surface area contributed by atoms with Gasteiger partial charge in [-0.1, -0.05) is 25.1 Å². The van der Waals surface area contributed by atoms with Crippen molar-refractivity contribution in [2.45, 2.75) is 19.6 Å². The second kappa shape index (κ2) is 6.25. The molecule has 4 heteroatoms. The largest absolute Gasteiger partial charge is 0.378 e. The Morgan fingerprint density at radius 1 is 1.38 bits per heavy atom. The van der Waals surface area contributed by atoms with Gasteiger partial charge in [-0.15, -0.1) is 0 Å². The summed E-state index contributed by atoms with van der Waals surface area (Å²) in [5.41, 5.74) is 0.745. The maximum atomic E-state index is 11.8. The fraction of sp³-hybridized carbons (Fsp3) is 0.417. The molecule has 0 bridgehead atoms. The van der Waals surface area contributed by atoms with E-state index < -0.39 is 12.1 Å². The van der Waals surface area contributed by atoms with E-state index in [0.29, 0.717) is 6.42 Å². The van der Waals surface area contributed by atoms with Crippen LogP contribution in [0, 0.1) is 5.92 Å². The van der Waals surface area contributed by atoms with Crippen LogP contribution in [0.5, 0.6) is 0 Å². The molecule has 0 aliphatic rings. The number of amides is 1. The first-order chi connectivity index (χ1) is 7.69. The van der Waals surface area contributed by atoms with Crippen molar-refractivity contribution in [3.63, 3.8) is 0 Å². The first-order valence-electron chi connectivity index (χ1n) is 5.40. The lowest BCUT2D eigenvalue weighted by molar-refractivity contribution is -0.124. The molecule has 4 nitrogen and oxygen atoms in total. The molecule has 3 N–H and O–H groups in total. The second-order valence-electron chi connectivity index (χ2n) is 3.60. The fourth-order valence-electron chi connectivity index (χ4n) is 1.51. The summed E-state index contributed by atoms with van der Waals surface area (Å²) < 4.78 is 0. The number of hydrogen-bond donors (Lipinski definition) is 3. The monoisotopic (exact) mass is 222 g/mol. The van der Waals surface area contributed by atoms with Gasteiger partial charge in [-0.05, 0) is 25.6 Å². The van der Waals surface area contributed by atoms with Gasteiger partial charge in [0.15, 0.2) is 0 Å². The Hall–Kier alpha value is -1.39. The molecule has 88 valence electrons. The highest BCUT2D eigenvalue weighted by molar-refractivity contribution is 5.92. The molecule has 0 spiro atoms. The molecule has 0 saturated carbocycles. The molecule has 0 saturated heterocycles. The van der Waals surface area contributed by atoms with Gasteiger partial charge >= 0.3 is 0 Å². The highest BCUT2D eigenvalue weighted by Crippen LogP contribution is 2.12. The van der Waals surface area contributed by atoms with Gasteiger partial charge in [0.25, 0.3) is 0 Å². The van der Waals surface area contributed by atoms with Crippen molar-refractivity contribution < 1.29 is 9.90 Å². The molecule has 16 heavy (non-hydrogen) atoms. The molecule has 0 radical (unpaired) electrons. The average molecular weight is 222 g/mol. The van der Waals surface area contributed by atoms with Crippen molar-refractivity contribution in [2.75, 3.05) is 12.4 Å². The van der Waals surface area contributed by atoms with Crippen LogP contribution in [0.15, 0.2) is 30.3 Å². The van der Waals surface area contributed by atoms with Crippen molar-refractivity contribution >= 4 is 11.6 Å². The van der Waals surface area contributed by atoms with Crippen LogP contribution in [0.25, 0.3) is 0 Å². The van der Waals surface area contributed by atoms with Crippen LogP contribution < -0.4 is 10.6 Å². The van der Waals surface area contributed by atoms with Gasteiger partial charge in [0.1, 0.15) is 6.23 Å². The van der Waals surface area contributed by atoms with E-state index in [4.69, 9.17) is 0 Å². The van der Waals surface area contributed by atoms with Crippen LogP contribution >= 0.6 is 0 Å². The minimum Gasteiger partial charge on any atom is -0.378 e. The Labute approximate surface area is 95.7 Å². The van der Waals surface area contributed by atoms with E-state index >= 15 is 0 Å². The van der Waals surface area contributed by atoms with E-state index in [9.17, 15) is 9.90 Å². The first kappa shape index (κ1) is 12.7. The number of hydrogen-bond acceptors (Lipinski definition) is 3. The Morgan fingerprint density at radius 2 is 2.00 bits per heavy atom. The predicted molar refractivity (Wildman–Crippen MR) is 63.9 cm³/mol. The Morgan fingerprint density at radius 3 is 2.50 bits per heavy atom. The molecular weight excluding hydrogens is 204 g/mol. The number of benzene rings is 1. The molecule has 0 aliphatic carbocycles. The highest BCUT2D eigenvalue weighted by atomic mass is 16.3. The van der Waals surface area contributed by atoms with Gasteiger partial charge in [0, 0.05) is 5.69 Å². The standard InChI is InChI=1S/C12H18N2O2/c1-3-10(11(15)13-2)12(16)14-9-7-5-4-6-8-9/h4-8,10-11,13,15H,3H2,1-2H3,(H,14,16). The van der Waals surface area contributed by atoms with Crippen LogP contribution in [0.2, 0.25) is 0 Å². The van der Waals surface area contributed by atoms with Crippen LogP contribution in [0.1, 0.15) is 13.3 Å². The van der Waals surface area contributed by atoms with Crippen molar-refractivity contribution in [3.05, 3.63) is 30.3 Å². The summed E-state index contributed by atoms with van der Waals surface area (Å²) in [4.78, 5) is 11.8. The molecular formula is C12H18N2O2. The number of rotatable bonds is 5. The van der Waals surface area contributed by atoms with E-state index in [2.05, 4.69) is 10.6 Å². The van der Waals surface area contributed by atoms with Gasteiger partial charge in [0.05, 0.1) is 5.92 Å². The molecule has 1 rings (SSSR count). The smallest absolute Gasteiger partial charge is 0.231 e. The molecule has 2 atom stereocenters. The SMILES string of the molecule is CCC(C(=O)Nc1ccccc1)C(O)NC. The summed E-state index contributed by atoms with van der Waals surface area (Å²) in [7, 11) is 1.63. The molecule has 0 heterocycles. The molecule has 0 aliphatic heterocycles. The Kier molecular flexibility index (Phi) is 4.95. The van der Waals surface area contributed by atoms with Gasteiger partial charge in [0.2, 0.25) is 5.91 Å². The molecule has 1 aromatic carbocycles. The quantitative estimate of drug-likeness (QED) is 0.656. The van der Waals surface area contributed by atoms with Crippen molar-refractivity contribution in [3.8, 4) is 0 Å². The summed E-state index contributed by atoms with van der Waals surface area (Å²) in [6.07, 6.45) is -0.227. The van der Waals surface area contributed by atoms with Crippen molar-refractivity contribution in [1.82, 2.24) is 5.32 Å². The van der Waals surface area contributed by atoms with E-state index in [1.54, 1.807) is 7.05 Å². The zero-order chi connectivity index (χ0) is 12.0. The van der Waals surface area contributed by atoms with Gasteiger partial charge < -0.3 is 10.4 Å². The Bertz CT molecular complexity index is 327. The second-order valence-corrected chi connectivity index (χ2v) is 3.60. The first-order valence-corrected chi connectivity index (χ1v) is 5.40. The lowest BCUT2D eigenvalue weighted by atomic mass is 10.0. The zero-order valence-corrected chi connectivity index (χ0v) is 9.60. The molecule has 0 fully saturated rings. The van der Waals surface area contributed by atoms with Gasteiger partial charge in [-0.3, -0.25) is 10.1 Å². The highest BCUT2D eigenvalue weighted by Gasteiger charge is 2.23. The minimum absolute atomic E-state index is 0.171. The van der Waals surface area contributed by atoms with E-state index in [-0.39, 0.29) is 5.91 Å². The van der Waals surface area contributed by atoms with Crippen molar-refractivity contribution in [2.24, 2.45) is 5.92 Å². The maximum Gasteiger partial charge on any atom is 0.231 e. The summed E-state index contributed by atoms with van der Waals surface area (Å²) in [5.74, 6) is -0.610. The molecule has 0 aromatic heterocycles. The van der Waals surface area contributed by atoms with Crippen LogP contribution in [0.4, 0.5) is 5.69 Å². The molecule has 1 amide bonds. The Balaban J connectivity index is 2.63. The normalized spacial score (nSPS) is 14.2. The third-order valence-electron chi connectivity index (χ3n) is 2.49. The average Bonchev–Trinajstić information content (AvgIpc) is 2.31. The minimum atomic E-state index is -0.811. The number of anilines is 1. The van der Waals surface area contributed by atoms with E-state index in [0.717, 1.165) is 5.69 Å². The number of aliphatic hydroxyl groups excluding tert-OH is 1. The summed E-state index contributed by atoms with van der Waals surface area (Å²) >= 11 is 0. The number of nitrogens with one attached hydrogen (secondary N) is 2. The summed E-state index contributed by atoms with van der Waals surface area (Å²) in [6.45, 7) is 1.87. The third-order valence-corrected chi connectivity index (χ3v) is 2.49. The molecule has 2 unspecified atom stereocenters. The number of carbonyl (C=O) groups excluding carboxylic acids is 1. The summed E-state index contributed by atoms with van der Waals surface area (Å²) in [6, 6.07) is 9.22. The third kappa shape index (κ3) is 3.32. The lowest BCUT2D eigenvalue weighted by Gasteiger charge is -2.20. The number of carbonyl (C=O) groups is 1. The predicted octanol–water partition coefficient (Wildman–Crippen LogP) is 1.19. The van der Waals surface area contributed by atoms with Crippen LogP contribution in [-0.4, -0.2) is 24.3 Å². The van der Waals surface area contributed by atoms with E-state index in [1.165, 1.54) is 0 Å². The van der Waals surface area contributed by atoms with E-state index in [1.807, 2.05) is 37.3 Å². The lowest BCUT2D eigenvalue weighted by Crippen LogP contribution is -2.40. The number of aliphatic hydroxyl groups is 1. The summed E-state index contributed by atoms with van der Waals surface area (Å²) in [5, 5.41) is 15.0. The van der Waals surface area contributed by atoms with Crippen molar-refractivity contribution in [1.29, 1.82) is 0 Å². The molecule has 1 aromatic rings. The number of para-hydroxylation sites is 1. The topological polar surface area (TPSA) is 61.4 Å².